The number of amides is 1. The van der Waals surface area contributed by atoms with Crippen molar-refractivity contribution in [3.8, 4) is 0 Å². The predicted molar refractivity (Wildman–Crippen MR) is 63.1 cm³/mol. The van der Waals surface area contributed by atoms with Crippen LogP contribution >= 0.6 is 0 Å². The molecule has 0 heterocycles. The quantitative estimate of drug-likeness (QED) is 0.751. The Labute approximate surface area is 95.4 Å². The molecule has 16 heavy (non-hydrogen) atoms. The van der Waals surface area contributed by atoms with Crippen molar-refractivity contribution >= 4 is 5.91 Å². The minimum atomic E-state index is 0.0616. The first kappa shape index (κ1) is 9.64. The van der Waals surface area contributed by atoms with Crippen molar-refractivity contribution in [2.24, 2.45) is 11.8 Å². The van der Waals surface area contributed by atoms with Crippen LogP contribution in [-0.2, 0) is 0 Å². The number of fused-ring (bicyclic) bond motifs is 2. The van der Waals surface area contributed by atoms with Gasteiger partial charge < -0.3 is 5.32 Å². The average molecular weight is 213 g/mol. The maximum Gasteiger partial charge on any atom is 0.251 e. The van der Waals surface area contributed by atoms with Gasteiger partial charge >= 0.3 is 0 Å². The van der Waals surface area contributed by atoms with Crippen molar-refractivity contribution in [2.45, 2.75) is 18.9 Å². The first-order valence-corrected chi connectivity index (χ1v) is 5.87. The summed E-state index contributed by atoms with van der Waals surface area (Å²) in [6, 6.07) is 9.79. The number of benzene rings is 1. The number of hydrogen-bond acceptors (Lipinski definition) is 1. The molecule has 0 saturated heterocycles. The third-order valence-corrected chi connectivity index (χ3v) is 3.63. The van der Waals surface area contributed by atoms with E-state index in [2.05, 4.69) is 17.5 Å². The molecular formula is C14H15NO. The molecule has 1 N–H and O–H groups in total. The van der Waals surface area contributed by atoms with Crippen molar-refractivity contribution in [2.75, 3.05) is 0 Å². The van der Waals surface area contributed by atoms with Gasteiger partial charge in [0.05, 0.1) is 0 Å². The number of carbonyl (C=O) groups excluding carboxylic acids is 1. The molecule has 0 radical (unpaired) electrons. The van der Waals surface area contributed by atoms with Gasteiger partial charge in [0.1, 0.15) is 0 Å². The number of hydrogen-bond donors (Lipinski definition) is 1. The Morgan fingerprint density at radius 1 is 1.12 bits per heavy atom. The molecule has 1 amide bonds. The fourth-order valence-corrected chi connectivity index (χ4v) is 2.79. The van der Waals surface area contributed by atoms with Crippen LogP contribution in [0.2, 0.25) is 0 Å². The highest BCUT2D eigenvalue weighted by atomic mass is 16.1. The van der Waals surface area contributed by atoms with Crippen LogP contribution in [0.5, 0.6) is 0 Å². The van der Waals surface area contributed by atoms with Crippen LogP contribution in [0, 0.1) is 11.8 Å². The lowest BCUT2D eigenvalue weighted by atomic mass is 10.0. The maximum absolute atomic E-state index is 11.9. The lowest BCUT2D eigenvalue weighted by Gasteiger charge is -2.19. The van der Waals surface area contributed by atoms with Crippen LogP contribution in [0.3, 0.4) is 0 Å². The summed E-state index contributed by atoms with van der Waals surface area (Å²) in [5.74, 6) is 1.33. The molecule has 3 atom stereocenters. The van der Waals surface area contributed by atoms with Crippen molar-refractivity contribution in [3.63, 3.8) is 0 Å². The van der Waals surface area contributed by atoms with Crippen molar-refractivity contribution in [3.05, 3.63) is 48.0 Å². The van der Waals surface area contributed by atoms with Gasteiger partial charge in [0, 0.05) is 11.6 Å². The summed E-state index contributed by atoms with van der Waals surface area (Å²) in [7, 11) is 0. The van der Waals surface area contributed by atoms with Crippen LogP contribution in [-0.4, -0.2) is 11.9 Å². The Morgan fingerprint density at radius 2 is 1.94 bits per heavy atom. The van der Waals surface area contributed by atoms with E-state index in [1.54, 1.807) is 0 Å². The Bertz CT molecular complexity index is 424. The van der Waals surface area contributed by atoms with Crippen LogP contribution in [0.4, 0.5) is 0 Å². The molecule has 1 fully saturated rings. The first-order chi connectivity index (χ1) is 7.83. The first-order valence-electron chi connectivity index (χ1n) is 5.87. The number of allylic oxidation sites excluding steroid dienone is 1. The standard InChI is InChI=1S/C14H15NO/c16-14(11-4-2-1-3-5-11)15-13-9-10-6-7-12(13)8-10/h1-7,10,12-13H,8-9H2,(H,15,16)/t10?,12?,13-/m0/s1. The third kappa shape index (κ3) is 1.64. The van der Waals surface area contributed by atoms with E-state index in [4.69, 9.17) is 0 Å². The SMILES string of the molecule is O=C(N[C@H]1CC2C=CC1C2)c1ccccc1. The average Bonchev–Trinajstić information content (AvgIpc) is 2.92. The normalized spacial score (nSPS) is 30.6. The molecule has 2 bridgehead atoms. The molecule has 1 aromatic carbocycles. The summed E-state index contributed by atoms with van der Waals surface area (Å²) in [5.41, 5.74) is 0.759. The minimum Gasteiger partial charge on any atom is -0.349 e. The lowest BCUT2D eigenvalue weighted by molar-refractivity contribution is 0.0931. The van der Waals surface area contributed by atoms with Crippen LogP contribution in [0.15, 0.2) is 42.5 Å². The molecule has 1 saturated carbocycles. The van der Waals surface area contributed by atoms with E-state index in [9.17, 15) is 4.79 Å². The van der Waals surface area contributed by atoms with Gasteiger partial charge in [-0.3, -0.25) is 4.79 Å². The molecule has 3 rings (SSSR count). The second-order valence-corrected chi connectivity index (χ2v) is 4.73. The molecule has 0 spiro atoms. The molecule has 0 aliphatic heterocycles. The summed E-state index contributed by atoms with van der Waals surface area (Å²) in [6.45, 7) is 0. The largest absolute Gasteiger partial charge is 0.349 e. The molecule has 0 aromatic heterocycles. The van der Waals surface area contributed by atoms with E-state index in [0.717, 1.165) is 12.0 Å². The predicted octanol–water partition coefficient (Wildman–Crippen LogP) is 2.38. The zero-order valence-corrected chi connectivity index (χ0v) is 9.10. The highest BCUT2D eigenvalue weighted by Crippen LogP contribution is 2.38. The fraction of sp³-hybridized carbons (Fsp3) is 0.357. The van der Waals surface area contributed by atoms with Gasteiger partial charge in [0.2, 0.25) is 0 Å². The zero-order valence-electron chi connectivity index (χ0n) is 9.10. The molecule has 2 heteroatoms. The van der Waals surface area contributed by atoms with Crippen molar-refractivity contribution in [1.82, 2.24) is 5.32 Å². The smallest absolute Gasteiger partial charge is 0.251 e. The van der Waals surface area contributed by atoms with Gasteiger partial charge in [-0.05, 0) is 36.8 Å². The summed E-state index contributed by atoms with van der Waals surface area (Å²) in [5, 5.41) is 3.14. The molecule has 2 aliphatic carbocycles. The molecular weight excluding hydrogens is 198 g/mol. The summed E-state index contributed by atoms with van der Waals surface area (Å²) >= 11 is 0. The summed E-state index contributed by atoms with van der Waals surface area (Å²) in [4.78, 5) is 11.9. The highest BCUT2D eigenvalue weighted by Gasteiger charge is 2.36. The Morgan fingerprint density at radius 3 is 2.56 bits per heavy atom. The van der Waals surface area contributed by atoms with E-state index >= 15 is 0 Å². The van der Waals surface area contributed by atoms with Gasteiger partial charge in [0.15, 0.2) is 0 Å². The molecule has 2 nitrogen and oxygen atoms in total. The van der Waals surface area contributed by atoms with E-state index in [-0.39, 0.29) is 5.91 Å². The van der Waals surface area contributed by atoms with E-state index in [0.29, 0.717) is 17.9 Å². The van der Waals surface area contributed by atoms with Gasteiger partial charge in [-0.2, -0.15) is 0 Å². The van der Waals surface area contributed by atoms with Gasteiger partial charge in [-0.15, -0.1) is 0 Å². The van der Waals surface area contributed by atoms with Crippen LogP contribution in [0.1, 0.15) is 23.2 Å². The second-order valence-electron chi connectivity index (χ2n) is 4.73. The summed E-state index contributed by atoms with van der Waals surface area (Å²) in [6.07, 6.45) is 6.87. The molecule has 2 aliphatic rings. The van der Waals surface area contributed by atoms with E-state index in [1.807, 2.05) is 30.3 Å². The maximum atomic E-state index is 11.9. The Hall–Kier alpha value is -1.57. The second kappa shape index (κ2) is 3.78. The fourth-order valence-electron chi connectivity index (χ4n) is 2.79. The highest BCUT2D eigenvalue weighted by molar-refractivity contribution is 5.94. The van der Waals surface area contributed by atoms with Gasteiger partial charge in [-0.1, -0.05) is 30.4 Å². The van der Waals surface area contributed by atoms with E-state index < -0.39 is 0 Å². The molecule has 82 valence electrons. The number of carbonyl (C=O) groups is 1. The van der Waals surface area contributed by atoms with Crippen molar-refractivity contribution < 1.29 is 4.79 Å². The van der Waals surface area contributed by atoms with Gasteiger partial charge in [0.25, 0.3) is 5.91 Å². The van der Waals surface area contributed by atoms with E-state index in [1.165, 1.54) is 6.42 Å². The monoisotopic (exact) mass is 213 g/mol. The van der Waals surface area contributed by atoms with Crippen LogP contribution in [0.25, 0.3) is 0 Å². The van der Waals surface area contributed by atoms with Crippen LogP contribution < -0.4 is 5.32 Å². The molecule has 1 aromatic rings. The number of rotatable bonds is 2. The third-order valence-electron chi connectivity index (χ3n) is 3.63. The molecule has 2 unspecified atom stereocenters. The Kier molecular flexibility index (Phi) is 2.28. The minimum absolute atomic E-state index is 0.0616. The van der Waals surface area contributed by atoms with Crippen molar-refractivity contribution in [1.29, 1.82) is 0 Å². The zero-order chi connectivity index (χ0) is 11.0. The topological polar surface area (TPSA) is 29.1 Å². The summed E-state index contributed by atoms with van der Waals surface area (Å²) < 4.78 is 0. The lowest BCUT2D eigenvalue weighted by Crippen LogP contribution is -2.37. The van der Waals surface area contributed by atoms with Gasteiger partial charge in [-0.25, -0.2) is 0 Å². The Balaban J connectivity index is 1.68. The number of nitrogens with one attached hydrogen (secondary N) is 1.